The van der Waals surface area contributed by atoms with Gasteiger partial charge in [-0.25, -0.2) is 4.79 Å². The summed E-state index contributed by atoms with van der Waals surface area (Å²) in [4.78, 5) is 55.0. The van der Waals surface area contributed by atoms with E-state index in [1.54, 1.807) is 25.7 Å². The average molecular weight is 362 g/mol. The summed E-state index contributed by atoms with van der Waals surface area (Å²) in [5.74, 6) is -1.16. The molecule has 0 aromatic carbocycles. The van der Waals surface area contributed by atoms with Gasteiger partial charge in [0.2, 0.25) is 11.8 Å². The van der Waals surface area contributed by atoms with Gasteiger partial charge in [-0.05, 0) is 26.3 Å². The zero-order valence-electron chi connectivity index (χ0n) is 15.0. The Morgan fingerprint density at radius 3 is 2.65 bits per heavy atom. The summed E-state index contributed by atoms with van der Waals surface area (Å²) in [5, 5.41) is 2.55. The van der Waals surface area contributed by atoms with Gasteiger partial charge in [-0.15, -0.1) is 0 Å². The zero-order chi connectivity index (χ0) is 19.0. The highest BCUT2D eigenvalue weighted by Crippen LogP contribution is 2.23. The summed E-state index contributed by atoms with van der Waals surface area (Å²) in [7, 11) is 0. The minimum absolute atomic E-state index is 0.00219. The van der Waals surface area contributed by atoms with Crippen molar-refractivity contribution in [3.05, 3.63) is 22.5 Å². The molecule has 3 heterocycles. The van der Waals surface area contributed by atoms with Crippen LogP contribution >= 0.6 is 0 Å². The van der Waals surface area contributed by atoms with Gasteiger partial charge < -0.3 is 24.8 Å². The lowest BCUT2D eigenvalue weighted by Crippen LogP contribution is -2.66. The first kappa shape index (κ1) is 18.0. The van der Waals surface area contributed by atoms with E-state index in [9.17, 15) is 19.2 Å². The first-order valence-electron chi connectivity index (χ1n) is 8.57. The van der Waals surface area contributed by atoms with Crippen LogP contribution in [0.1, 0.15) is 39.0 Å². The van der Waals surface area contributed by atoms with Crippen molar-refractivity contribution in [1.29, 1.82) is 0 Å². The van der Waals surface area contributed by atoms with E-state index < -0.39 is 12.0 Å². The van der Waals surface area contributed by atoms with Crippen molar-refractivity contribution in [2.75, 3.05) is 32.8 Å². The monoisotopic (exact) mass is 362 g/mol. The molecule has 0 radical (unpaired) electrons. The van der Waals surface area contributed by atoms with Crippen molar-refractivity contribution < 1.29 is 23.9 Å². The highest BCUT2D eigenvalue weighted by atomic mass is 16.5. The molecule has 0 saturated carbocycles. The minimum Gasteiger partial charge on any atom is -0.461 e. The van der Waals surface area contributed by atoms with Crippen LogP contribution in [0, 0.1) is 13.8 Å². The topological polar surface area (TPSA) is 112 Å². The fourth-order valence-corrected chi connectivity index (χ4v) is 3.51. The number of carbonyl (C=O) groups is 4. The number of nitrogens with zero attached hydrogens (tertiary/aromatic N) is 2. The van der Waals surface area contributed by atoms with Gasteiger partial charge in [0.1, 0.15) is 11.7 Å². The highest BCUT2D eigenvalue weighted by molar-refractivity contribution is 6.02. The first-order chi connectivity index (χ1) is 12.3. The van der Waals surface area contributed by atoms with Crippen molar-refractivity contribution in [2.45, 2.75) is 26.8 Å². The molecule has 1 atom stereocenters. The average Bonchev–Trinajstić information content (AvgIpc) is 2.92. The number of ether oxygens (including phenoxy) is 1. The van der Waals surface area contributed by atoms with Crippen LogP contribution in [0.25, 0.3) is 0 Å². The third kappa shape index (κ3) is 2.93. The fraction of sp³-hybridized carbons (Fsp3) is 0.529. The second kappa shape index (κ2) is 6.81. The van der Waals surface area contributed by atoms with Gasteiger partial charge in [-0.1, -0.05) is 0 Å². The summed E-state index contributed by atoms with van der Waals surface area (Å²) in [6.07, 6.45) is 0. The second-order valence-electron chi connectivity index (χ2n) is 6.42. The van der Waals surface area contributed by atoms with Crippen molar-refractivity contribution in [2.24, 2.45) is 0 Å². The Morgan fingerprint density at radius 2 is 1.96 bits per heavy atom. The number of esters is 1. The maximum Gasteiger partial charge on any atom is 0.355 e. The van der Waals surface area contributed by atoms with Crippen LogP contribution in [0.3, 0.4) is 0 Å². The number of aromatic nitrogens is 1. The maximum absolute atomic E-state index is 13.0. The van der Waals surface area contributed by atoms with Gasteiger partial charge in [0.25, 0.3) is 5.91 Å². The quantitative estimate of drug-likeness (QED) is 0.710. The summed E-state index contributed by atoms with van der Waals surface area (Å²) in [6.45, 7) is 6.16. The summed E-state index contributed by atoms with van der Waals surface area (Å²) >= 11 is 0. The molecule has 0 unspecified atom stereocenters. The van der Waals surface area contributed by atoms with E-state index in [1.807, 2.05) is 0 Å². The molecule has 2 aliphatic rings. The van der Waals surface area contributed by atoms with Crippen LogP contribution in [0.5, 0.6) is 0 Å². The molecule has 9 heteroatoms. The number of aryl methyl sites for hydroxylation is 1. The van der Waals surface area contributed by atoms with Gasteiger partial charge in [0, 0.05) is 18.8 Å². The van der Waals surface area contributed by atoms with Gasteiger partial charge >= 0.3 is 5.97 Å². The first-order valence-corrected chi connectivity index (χ1v) is 8.57. The Bertz CT molecular complexity index is 784. The molecular formula is C17H22N4O5. The molecule has 2 fully saturated rings. The molecule has 0 bridgehead atoms. The molecule has 3 rings (SSSR count). The van der Waals surface area contributed by atoms with E-state index in [4.69, 9.17) is 4.74 Å². The van der Waals surface area contributed by atoms with Crippen molar-refractivity contribution in [3.63, 3.8) is 0 Å². The summed E-state index contributed by atoms with van der Waals surface area (Å²) < 4.78 is 5.01. The molecule has 26 heavy (non-hydrogen) atoms. The Kier molecular flexibility index (Phi) is 4.71. The number of hydrogen-bond donors (Lipinski definition) is 2. The number of fused-ring (bicyclic) bond motifs is 1. The van der Waals surface area contributed by atoms with Crippen molar-refractivity contribution in [1.82, 2.24) is 20.1 Å². The van der Waals surface area contributed by atoms with E-state index in [0.717, 1.165) is 0 Å². The lowest BCUT2D eigenvalue weighted by molar-refractivity contribution is -0.148. The van der Waals surface area contributed by atoms with E-state index in [-0.39, 0.29) is 43.1 Å². The number of aromatic amines is 1. The molecule has 2 aliphatic heterocycles. The van der Waals surface area contributed by atoms with Crippen LogP contribution in [0.2, 0.25) is 0 Å². The van der Waals surface area contributed by atoms with Gasteiger partial charge in [0.15, 0.2) is 0 Å². The number of amides is 3. The van der Waals surface area contributed by atoms with Crippen LogP contribution in [0.15, 0.2) is 0 Å². The predicted molar refractivity (Wildman–Crippen MR) is 90.6 cm³/mol. The Hall–Kier alpha value is -2.84. The molecule has 3 amide bonds. The zero-order valence-corrected chi connectivity index (χ0v) is 15.0. The molecule has 140 valence electrons. The van der Waals surface area contributed by atoms with Crippen molar-refractivity contribution in [3.8, 4) is 0 Å². The standard InChI is InChI=1S/C17H22N4O5/c1-4-26-17(25)14-9(2)13(10(3)19-14)16(24)20-5-6-21-11(8-20)15(23)18-7-12(21)22/h11,19H,4-8H2,1-3H3,(H,18,23)/t11-/m1/s1. The van der Waals surface area contributed by atoms with Crippen LogP contribution in [-0.4, -0.2) is 77.3 Å². The van der Waals surface area contributed by atoms with Gasteiger partial charge in [0.05, 0.1) is 25.3 Å². The number of carbonyl (C=O) groups excluding carboxylic acids is 4. The molecule has 2 saturated heterocycles. The lowest BCUT2D eigenvalue weighted by Gasteiger charge is -2.42. The molecule has 0 spiro atoms. The number of H-pyrrole nitrogens is 1. The summed E-state index contributed by atoms with van der Waals surface area (Å²) in [5.41, 5.74) is 1.76. The van der Waals surface area contributed by atoms with Crippen molar-refractivity contribution >= 4 is 23.7 Å². The molecule has 2 N–H and O–H groups in total. The van der Waals surface area contributed by atoms with E-state index in [1.165, 1.54) is 4.90 Å². The van der Waals surface area contributed by atoms with Crippen LogP contribution < -0.4 is 5.32 Å². The second-order valence-corrected chi connectivity index (χ2v) is 6.42. The largest absolute Gasteiger partial charge is 0.461 e. The molecule has 0 aliphatic carbocycles. The van der Waals surface area contributed by atoms with E-state index in [2.05, 4.69) is 10.3 Å². The minimum atomic E-state index is -0.668. The third-order valence-electron chi connectivity index (χ3n) is 4.84. The highest BCUT2D eigenvalue weighted by Gasteiger charge is 2.40. The molecule has 9 nitrogen and oxygen atoms in total. The SMILES string of the molecule is CCOC(=O)c1[nH]c(C)c(C(=O)N2CCN3C(=O)CNC(=O)[C@H]3C2)c1C. The Labute approximate surface area is 150 Å². The Morgan fingerprint density at radius 1 is 1.23 bits per heavy atom. The van der Waals surface area contributed by atoms with E-state index >= 15 is 0 Å². The lowest BCUT2D eigenvalue weighted by atomic mass is 10.0. The number of hydrogen-bond acceptors (Lipinski definition) is 5. The summed E-state index contributed by atoms with van der Waals surface area (Å²) in [6, 6.07) is -0.668. The van der Waals surface area contributed by atoms with E-state index in [0.29, 0.717) is 29.9 Å². The molecule has 1 aromatic rings. The number of nitrogens with one attached hydrogen (secondary N) is 2. The number of piperazine rings is 2. The predicted octanol–water partition coefficient (Wildman–Crippen LogP) is -0.409. The Balaban J connectivity index is 1.83. The molecule has 1 aromatic heterocycles. The number of rotatable bonds is 3. The molecular weight excluding hydrogens is 340 g/mol. The maximum atomic E-state index is 13.0. The third-order valence-corrected chi connectivity index (χ3v) is 4.84. The fourth-order valence-electron chi connectivity index (χ4n) is 3.51. The normalized spacial score (nSPS) is 19.9. The van der Waals surface area contributed by atoms with Crippen LogP contribution in [0.4, 0.5) is 0 Å². The van der Waals surface area contributed by atoms with Crippen LogP contribution in [-0.2, 0) is 14.3 Å². The van der Waals surface area contributed by atoms with Gasteiger partial charge in [-0.2, -0.15) is 0 Å². The smallest absolute Gasteiger partial charge is 0.355 e. The van der Waals surface area contributed by atoms with Gasteiger partial charge in [-0.3, -0.25) is 14.4 Å².